The Kier molecular flexibility index (Phi) is 3.83. The molecule has 1 aliphatic rings. The molecule has 114 valence electrons. The topological polar surface area (TPSA) is 35.5 Å². The van der Waals surface area contributed by atoms with E-state index >= 15 is 0 Å². The van der Waals surface area contributed by atoms with Gasteiger partial charge in [0.1, 0.15) is 17.1 Å². The van der Waals surface area contributed by atoms with Crippen molar-refractivity contribution in [3.05, 3.63) is 58.6 Å². The van der Waals surface area contributed by atoms with E-state index in [-0.39, 0.29) is 5.60 Å². The molecule has 2 aromatic rings. The van der Waals surface area contributed by atoms with E-state index in [2.05, 4.69) is 13.8 Å². The fourth-order valence-electron chi connectivity index (χ4n) is 2.45. The smallest absolute Gasteiger partial charge is 0.343 e. The van der Waals surface area contributed by atoms with Crippen LogP contribution in [0.25, 0.3) is 0 Å². The summed E-state index contributed by atoms with van der Waals surface area (Å²) >= 11 is 5.81. The Morgan fingerprint density at radius 3 is 2.64 bits per heavy atom. The molecule has 2 aromatic carbocycles. The van der Waals surface area contributed by atoms with Crippen LogP contribution in [-0.4, -0.2) is 11.6 Å². The van der Waals surface area contributed by atoms with E-state index in [0.29, 0.717) is 16.3 Å². The van der Waals surface area contributed by atoms with Gasteiger partial charge in [0.25, 0.3) is 0 Å². The molecule has 0 aliphatic carbocycles. The molecule has 0 saturated carbocycles. The highest BCUT2D eigenvalue weighted by Gasteiger charge is 2.26. The SMILES string of the molecule is CC1(C)CCc2cc(OC(=O)c3ccc(Cl)cc3)ccc2O1. The Hall–Kier alpha value is -2.00. The molecular formula is C18H17ClO3. The fraction of sp³-hybridized carbons (Fsp3) is 0.278. The lowest BCUT2D eigenvalue weighted by molar-refractivity contribution is 0.0727. The first-order chi connectivity index (χ1) is 10.4. The molecular weight excluding hydrogens is 300 g/mol. The van der Waals surface area contributed by atoms with Gasteiger partial charge >= 0.3 is 5.97 Å². The molecule has 0 unspecified atom stereocenters. The first-order valence-electron chi connectivity index (χ1n) is 7.23. The highest BCUT2D eigenvalue weighted by molar-refractivity contribution is 6.30. The molecule has 1 aliphatic heterocycles. The summed E-state index contributed by atoms with van der Waals surface area (Å²) in [6.45, 7) is 4.15. The van der Waals surface area contributed by atoms with Gasteiger partial charge in [0, 0.05) is 5.02 Å². The van der Waals surface area contributed by atoms with Crippen molar-refractivity contribution in [2.45, 2.75) is 32.3 Å². The zero-order chi connectivity index (χ0) is 15.7. The van der Waals surface area contributed by atoms with E-state index in [4.69, 9.17) is 21.1 Å². The third-order valence-electron chi connectivity index (χ3n) is 3.71. The number of halogens is 1. The number of hydrogen-bond donors (Lipinski definition) is 0. The molecule has 1 heterocycles. The van der Waals surface area contributed by atoms with Crippen molar-refractivity contribution in [2.24, 2.45) is 0 Å². The average molecular weight is 317 g/mol. The molecule has 0 N–H and O–H groups in total. The van der Waals surface area contributed by atoms with Crippen LogP contribution in [-0.2, 0) is 6.42 Å². The van der Waals surface area contributed by atoms with Crippen LogP contribution < -0.4 is 9.47 Å². The van der Waals surface area contributed by atoms with Gasteiger partial charge < -0.3 is 9.47 Å². The Balaban J connectivity index is 1.76. The number of aryl methyl sites for hydroxylation is 1. The first-order valence-corrected chi connectivity index (χ1v) is 7.60. The third kappa shape index (κ3) is 3.25. The second-order valence-corrected chi connectivity index (χ2v) is 6.46. The number of benzene rings is 2. The number of esters is 1. The third-order valence-corrected chi connectivity index (χ3v) is 3.96. The fourth-order valence-corrected chi connectivity index (χ4v) is 2.58. The zero-order valence-corrected chi connectivity index (χ0v) is 13.3. The van der Waals surface area contributed by atoms with Crippen LogP contribution in [0.1, 0.15) is 36.2 Å². The second kappa shape index (κ2) is 5.65. The quantitative estimate of drug-likeness (QED) is 0.597. The summed E-state index contributed by atoms with van der Waals surface area (Å²) in [4.78, 5) is 12.1. The summed E-state index contributed by atoms with van der Waals surface area (Å²) in [6.07, 6.45) is 1.85. The Bertz CT molecular complexity index is 705. The molecule has 0 aromatic heterocycles. The lowest BCUT2D eigenvalue weighted by Crippen LogP contribution is -2.32. The van der Waals surface area contributed by atoms with Crippen molar-refractivity contribution in [1.29, 1.82) is 0 Å². The van der Waals surface area contributed by atoms with Gasteiger partial charge in [-0.2, -0.15) is 0 Å². The van der Waals surface area contributed by atoms with Crippen LogP contribution in [0.2, 0.25) is 5.02 Å². The van der Waals surface area contributed by atoms with Gasteiger partial charge in [-0.05, 0) is 74.7 Å². The molecule has 3 nitrogen and oxygen atoms in total. The van der Waals surface area contributed by atoms with E-state index in [1.165, 1.54) is 0 Å². The molecule has 0 amide bonds. The number of rotatable bonds is 2. The largest absolute Gasteiger partial charge is 0.488 e. The van der Waals surface area contributed by atoms with Crippen molar-refractivity contribution >= 4 is 17.6 Å². The van der Waals surface area contributed by atoms with Gasteiger partial charge in [-0.1, -0.05) is 11.6 Å². The van der Waals surface area contributed by atoms with Gasteiger partial charge in [0.05, 0.1) is 5.56 Å². The number of carbonyl (C=O) groups excluding carboxylic acids is 1. The van der Waals surface area contributed by atoms with Gasteiger partial charge in [-0.15, -0.1) is 0 Å². The number of carbonyl (C=O) groups is 1. The summed E-state index contributed by atoms with van der Waals surface area (Å²) in [5, 5.41) is 0.588. The van der Waals surface area contributed by atoms with Crippen LogP contribution in [0.15, 0.2) is 42.5 Å². The Labute approximate surface area is 134 Å². The minimum absolute atomic E-state index is 0.144. The number of hydrogen-bond acceptors (Lipinski definition) is 3. The summed E-state index contributed by atoms with van der Waals surface area (Å²) in [5.41, 5.74) is 1.40. The van der Waals surface area contributed by atoms with E-state index in [1.807, 2.05) is 12.1 Å². The molecule has 0 fully saturated rings. The van der Waals surface area contributed by atoms with E-state index < -0.39 is 5.97 Å². The highest BCUT2D eigenvalue weighted by Crippen LogP contribution is 2.35. The van der Waals surface area contributed by atoms with Crippen molar-refractivity contribution in [1.82, 2.24) is 0 Å². The lowest BCUT2D eigenvalue weighted by Gasteiger charge is -2.32. The normalized spacial score (nSPS) is 15.6. The minimum Gasteiger partial charge on any atom is -0.488 e. The van der Waals surface area contributed by atoms with E-state index in [9.17, 15) is 4.79 Å². The summed E-state index contributed by atoms with van der Waals surface area (Å²) < 4.78 is 11.3. The Morgan fingerprint density at radius 2 is 1.91 bits per heavy atom. The van der Waals surface area contributed by atoms with Crippen LogP contribution in [0.5, 0.6) is 11.5 Å². The molecule has 3 rings (SSSR count). The van der Waals surface area contributed by atoms with E-state index in [1.54, 1.807) is 30.3 Å². The molecule has 22 heavy (non-hydrogen) atoms. The molecule has 0 bridgehead atoms. The maximum atomic E-state index is 12.1. The molecule has 0 radical (unpaired) electrons. The monoisotopic (exact) mass is 316 g/mol. The van der Waals surface area contributed by atoms with Crippen LogP contribution in [0, 0.1) is 0 Å². The zero-order valence-electron chi connectivity index (χ0n) is 12.6. The lowest BCUT2D eigenvalue weighted by atomic mass is 9.94. The van der Waals surface area contributed by atoms with Gasteiger partial charge in [-0.3, -0.25) is 0 Å². The predicted molar refractivity (Wildman–Crippen MR) is 85.9 cm³/mol. The predicted octanol–water partition coefficient (Wildman–Crippen LogP) is 4.66. The summed E-state index contributed by atoms with van der Waals surface area (Å²) in [7, 11) is 0. The summed E-state index contributed by atoms with van der Waals surface area (Å²) in [6, 6.07) is 12.1. The van der Waals surface area contributed by atoms with E-state index in [0.717, 1.165) is 24.2 Å². The van der Waals surface area contributed by atoms with Crippen molar-refractivity contribution < 1.29 is 14.3 Å². The van der Waals surface area contributed by atoms with Crippen LogP contribution in [0.4, 0.5) is 0 Å². The highest BCUT2D eigenvalue weighted by atomic mass is 35.5. The van der Waals surface area contributed by atoms with Crippen molar-refractivity contribution in [3.63, 3.8) is 0 Å². The maximum Gasteiger partial charge on any atom is 0.343 e. The van der Waals surface area contributed by atoms with Gasteiger partial charge in [0.2, 0.25) is 0 Å². The Morgan fingerprint density at radius 1 is 1.18 bits per heavy atom. The maximum absolute atomic E-state index is 12.1. The first kappa shape index (κ1) is 14.9. The molecule has 0 spiro atoms. The summed E-state index contributed by atoms with van der Waals surface area (Å²) in [5.74, 6) is 0.998. The average Bonchev–Trinajstić information content (AvgIpc) is 2.47. The molecule has 4 heteroatoms. The molecule has 0 saturated heterocycles. The van der Waals surface area contributed by atoms with Crippen molar-refractivity contribution in [3.8, 4) is 11.5 Å². The van der Waals surface area contributed by atoms with Crippen molar-refractivity contribution in [2.75, 3.05) is 0 Å². The second-order valence-electron chi connectivity index (χ2n) is 6.03. The van der Waals surface area contributed by atoms with Crippen LogP contribution in [0.3, 0.4) is 0 Å². The van der Waals surface area contributed by atoms with Gasteiger partial charge in [-0.25, -0.2) is 4.79 Å². The minimum atomic E-state index is -0.395. The van der Waals surface area contributed by atoms with Gasteiger partial charge in [0.15, 0.2) is 0 Å². The molecule has 0 atom stereocenters. The number of fused-ring (bicyclic) bond motifs is 1. The number of ether oxygens (including phenoxy) is 2. The standard InChI is InChI=1S/C18H17ClO3/c1-18(2)10-9-13-11-15(7-8-16(13)22-18)21-17(20)12-3-5-14(19)6-4-12/h3-8,11H,9-10H2,1-2H3. The van der Waals surface area contributed by atoms with Crippen LogP contribution >= 0.6 is 11.6 Å².